The Labute approximate surface area is 391 Å². The van der Waals surface area contributed by atoms with Crippen molar-refractivity contribution in [3.8, 4) is 44.5 Å². The number of hydrogen-bond donors (Lipinski definition) is 0. The van der Waals surface area contributed by atoms with E-state index in [1.54, 1.807) is 0 Å². The van der Waals surface area contributed by atoms with E-state index in [0.717, 1.165) is 34.1 Å². The summed E-state index contributed by atoms with van der Waals surface area (Å²) < 4.78 is 0. The standard InChI is InChI=1S/C63H44N2S/c1-41-19-17-25-45(35-41)64(43-21-5-3-6-22-43)47-37-53-51-29-11-9-27-49(51)50-28-10-12-30-52(50)54-38-48(65(44-23-7-4-8-24-44)46-26-18-20-42(2)36-46)40-58-62(54)61(53)57(39-47)63(58)55-31-13-15-33-59(55)66-60-34-16-14-32-56(60)63/h3-40H,1-2H3. The summed E-state index contributed by atoms with van der Waals surface area (Å²) in [7, 11) is 0. The first kappa shape index (κ1) is 38.6. The molecule has 10 aromatic carbocycles. The second-order valence-electron chi connectivity index (χ2n) is 17.8. The first-order chi connectivity index (χ1) is 32.6. The molecule has 1 spiro atoms. The zero-order valence-corrected chi connectivity index (χ0v) is 37.6. The Balaban J connectivity index is 1.25. The van der Waals surface area contributed by atoms with Crippen LogP contribution >= 0.6 is 11.8 Å². The number of hydrogen-bond acceptors (Lipinski definition) is 3. The molecule has 3 heteroatoms. The third-order valence-electron chi connectivity index (χ3n) is 13.9. The van der Waals surface area contributed by atoms with E-state index in [4.69, 9.17) is 0 Å². The summed E-state index contributed by atoms with van der Waals surface area (Å²) in [4.78, 5) is 7.49. The van der Waals surface area contributed by atoms with E-state index in [2.05, 4.69) is 254 Å². The van der Waals surface area contributed by atoms with Crippen molar-refractivity contribution < 1.29 is 0 Å². The first-order valence-electron chi connectivity index (χ1n) is 22.8. The molecule has 1 aliphatic heterocycles. The summed E-state index contributed by atoms with van der Waals surface area (Å²) >= 11 is 1.89. The number of nitrogens with zero attached hydrogens (tertiary/aromatic N) is 2. The largest absolute Gasteiger partial charge is 0.310 e. The highest BCUT2D eigenvalue weighted by molar-refractivity contribution is 7.99. The van der Waals surface area contributed by atoms with Crippen LogP contribution in [0.15, 0.2) is 240 Å². The molecular formula is C63H44N2S. The van der Waals surface area contributed by atoms with Crippen LogP contribution in [0, 0.1) is 13.8 Å². The van der Waals surface area contributed by atoms with Gasteiger partial charge in [-0.2, -0.15) is 0 Å². The molecule has 2 nitrogen and oxygen atoms in total. The SMILES string of the molecule is Cc1cccc(N(c2ccccc2)c2cc3c4c(c2)C2(c5ccccc5Sc5ccccc52)c2cc(N(c5ccccc5)c5cccc(C)c5)cc(c2-4)-c2ccccc2-c2ccccc2-3)c1. The highest BCUT2D eigenvalue weighted by atomic mass is 32.2. The second kappa shape index (κ2) is 15.1. The van der Waals surface area contributed by atoms with Crippen molar-refractivity contribution in [3.05, 3.63) is 264 Å². The number of para-hydroxylation sites is 2. The smallest absolute Gasteiger partial charge is 0.0737 e. The molecule has 0 radical (unpaired) electrons. The molecular weight excluding hydrogens is 817 g/mol. The molecule has 0 atom stereocenters. The van der Waals surface area contributed by atoms with E-state index in [9.17, 15) is 0 Å². The third kappa shape index (κ3) is 5.76. The van der Waals surface area contributed by atoms with Crippen LogP contribution < -0.4 is 9.80 Å². The molecule has 0 fully saturated rings. The monoisotopic (exact) mass is 860 g/mol. The van der Waals surface area contributed by atoms with Gasteiger partial charge in [0.1, 0.15) is 0 Å². The molecule has 0 saturated heterocycles. The Morgan fingerprint density at radius 2 is 0.652 bits per heavy atom. The molecule has 0 N–H and O–H groups in total. The van der Waals surface area contributed by atoms with Crippen molar-refractivity contribution in [3.63, 3.8) is 0 Å². The van der Waals surface area contributed by atoms with Gasteiger partial charge >= 0.3 is 0 Å². The highest BCUT2D eigenvalue weighted by Crippen LogP contribution is 2.67. The maximum Gasteiger partial charge on any atom is 0.0737 e. The summed E-state index contributed by atoms with van der Waals surface area (Å²) in [5.41, 5.74) is 23.7. The predicted octanol–water partition coefficient (Wildman–Crippen LogP) is 17.4. The molecule has 10 aromatic rings. The average molecular weight is 861 g/mol. The van der Waals surface area contributed by atoms with E-state index < -0.39 is 5.41 Å². The van der Waals surface area contributed by atoms with E-state index in [1.807, 2.05) is 11.8 Å². The normalized spacial score (nSPS) is 13.1. The Hall–Kier alpha value is -7.85. The van der Waals surface area contributed by atoms with Crippen LogP contribution in [0.25, 0.3) is 44.5 Å². The zero-order valence-electron chi connectivity index (χ0n) is 36.7. The van der Waals surface area contributed by atoms with Crippen molar-refractivity contribution in [2.24, 2.45) is 0 Å². The van der Waals surface area contributed by atoms with Crippen molar-refractivity contribution in [1.82, 2.24) is 0 Å². The Morgan fingerprint density at radius 3 is 1.08 bits per heavy atom. The molecule has 1 heterocycles. The fourth-order valence-corrected chi connectivity index (χ4v) is 12.5. The second-order valence-corrected chi connectivity index (χ2v) is 18.9. The van der Waals surface area contributed by atoms with Gasteiger partial charge in [0.2, 0.25) is 0 Å². The van der Waals surface area contributed by atoms with E-state index >= 15 is 0 Å². The Morgan fingerprint density at radius 1 is 0.288 bits per heavy atom. The van der Waals surface area contributed by atoms with Gasteiger partial charge in [-0.15, -0.1) is 0 Å². The summed E-state index contributed by atoms with van der Waals surface area (Å²) in [6, 6.07) is 86.3. The lowest BCUT2D eigenvalue weighted by Crippen LogP contribution is -2.32. The van der Waals surface area contributed by atoms with Gasteiger partial charge in [-0.1, -0.05) is 157 Å². The topological polar surface area (TPSA) is 6.48 Å². The van der Waals surface area contributed by atoms with Gasteiger partial charge in [0.25, 0.3) is 0 Å². The van der Waals surface area contributed by atoms with Gasteiger partial charge in [-0.05, 0) is 177 Å². The van der Waals surface area contributed by atoms with Gasteiger partial charge in [0, 0.05) is 43.9 Å². The minimum Gasteiger partial charge on any atom is -0.310 e. The van der Waals surface area contributed by atoms with Crippen LogP contribution in [0.3, 0.4) is 0 Å². The van der Waals surface area contributed by atoms with Gasteiger partial charge in [0.15, 0.2) is 0 Å². The molecule has 0 amide bonds. The number of rotatable bonds is 6. The molecule has 3 aliphatic rings. The van der Waals surface area contributed by atoms with Crippen molar-refractivity contribution >= 4 is 45.9 Å². The molecule has 2 aliphatic carbocycles. The summed E-state index contributed by atoms with van der Waals surface area (Å²) in [6.07, 6.45) is 0. The highest BCUT2D eigenvalue weighted by Gasteiger charge is 2.53. The molecule has 13 rings (SSSR count). The van der Waals surface area contributed by atoms with Crippen molar-refractivity contribution in [2.75, 3.05) is 9.80 Å². The van der Waals surface area contributed by atoms with Gasteiger partial charge < -0.3 is 9.80 Å². The number of aryl methyl sites for hydroxylation is 2. The number of benzene rings is 10. The molecule has 0 aromatic heterocycles. The van der Waals surface area contributed by atoms with Crippen molar-refractivity contribution in [2.45, 2.75) is 29.1 Å². The van der Waals surface area contributed by atoms with Crippen LogP contribution in [-0.2, 0) is 5.41 Å². The molecule has 0 unspecified atom stereocenters. The van der Waals surface area contributed by atoms with E-state index in [1.165, 1.54) is 87.7 Å². The zero-order chi connectivity index (χ0) is 43.9. The fraction of sp³-hybridized carbons (Fsp3) is 0.0476. The summed E-state index contributed by atoms with van der Waals surface area (Å²) in [6.45, 7) is 4.38. The van der Waals surface area contributed by atoms with Crippen LogP contribution in [0.4, 0.5) is 34.1 Å². The van der Waals surface area contributed by atoms with E-state index in [-0.39, 0.29) is 0 Å². The summed E-state index contributed by atoms with van der Waals surface area (Å²) in [5, 5.41) is 0. The van der Waals surface area contributed by atoms with Gasteiger partial charge in [0.05, 0.1) is 5.41 Å². The van der Waals surface area contributed by atoms with Crippen LogP contribution in [0.2, 0.25) is 0 Å². The molecule has 0 saturated carbocycles. The predicted molar refractivity (Wildman–Crippen MR) is 277 cm³/mol. The first-order valence-corrected chi connectivity index (χ1v) is 23.6. The van der Waals surface area contributed by atoms with Crippen LogP contribution in [-0.4, -0.2) is 0 Å². The fourth-order valence-electron chi connectivity index (χ4n) is 11.3. The minimum absolute atomic E-state index is 0.684. The lowest BCUT2D eigenvalue weighted by molar-refractivity contribution is 0.722. The quantitative estimate of drug-likeness (QED) is 0.164. The number of anilines is 6. The lowest BCUT2D eigenvalue weighted by atomic mass is 9.67. The maximum atomic E-state index is 2.55. The Bertz CT molecular complexity index is 3320. The number of fused-ring (bicyclic) bond motifs is 11. The minimum atomic E-state index is -0.684. The lowest BCUT2D eigenvalue weighted by Gasteiger charge is -2.40. The molecule has 312 valence electrons. The maximum absolute atomic E-state index is 2.55. The van der Waals surface area contributed by atoms with Crippen LogP contribution in [0.5, 0.6) is 0 Å². The average Bonchev–Trinajstić information content (AvgIpc) is 3.64. The van der Waals surface area contributed by atoms with E-state index in [0.29, 0.717) is 0 Å². The van der Waals surface area contributed by atoms with Gasteiger partial charge in [-0.25, -0.2) is 0 Å². The Kier molecular flexibility index (Phi) is 8.84. The molecule has 0 bridgehead atoms. The van der Waals surface area contributed by atoms with Crippen LogP contribution in [0.1, 0.15) is 33.4 Å². The van der Waals surface area contributed by atoms with Gasteiger partial charge in [-0.3, -0.25) is 0 Å². The summed E-state index contributed by atoms with van der Waals surface area (Å²) in [5.74, 6) is 0. The molecule has 66 heavy (non-hydrogen) atoms. The third-order valence-corrected chi connectivity index (χ3v) is 15.0. The van der Waals surface area contributed by atoms with Crippen molar-refractivity contribution in [1.29, 1.82) is 0 Å².